The number of hydrogen-bond acceptors (Lipinski definition) is 4. The predicted molar refractivity (Wildman–Crippen MR) is 87.1 cm³/mol. The first-order valence-corrected chi connectivity index (χ1v) is 7.49. The molecule has 0 amide bonds. The molecule has 2 heterocycles. The lowest BCUT2D eigenvalue weighted by Crippen LogP contribution is -1.92. The standard InChI is InChI=1S/C16H10INO3/c17-11-2-1-3-12(7-11)21-16-13-8-15-14(19-9-20-15)6-10(13)4-5-18-16/h1-8H,9H2. The van der Waals surface area contributed by atoms with Crippen LogP contribution in [0.25, 0.3) is 10.8 Å². The van der Waals surface area contributed by atoms with Gasteiger partial charge in [0.15, 0.2) is 11.5 Å². The molecule has 4 rings (SSSR count). The highest BCUT2D eigenvalue weighted by Crippen LogP contribution is 2.39. The van der Waals surface area contributed by atoms with Crippen LogP contribution in [0.2, 0.25) is 0 Å². The quantitative estimate of drug-likeness (QED) is 0.609. The Morgan fingerprint density at radius 2 is 1.90 bits per heavy atom. The zero-order valence-electron chi connectivity index (χ0n) is 10.9. The van der Waals surface area contributed by atoms with Crippen molar-refractivity contribution in [2.24, 2.45) is 0 Å². The van der Waals surface area contributed by atoms with Gasteiger partial charge in [-0.1, -0.05) is 6.07 Å². The van der Waals surface area contributed by atoms with Crippen molar-refractivity contribution in [3.8, 4) is 23.1 Å². The molecule has 0 N–H and O–H groups in total. The Hall–Kier alpha value is -2.02. The zero-order valence-corrected chi connectivity index (χ0v) is 13.0. The lowest BCUT2D eigenvalue weighted by molar-refractivity contribution is 0.174. The van der Waals surface area contributed by atoms with Gasteiger partial charge in [-0.05, 0) is 64.4 Å². The average Bonchev–Trinajstić information content (AvgIpc) is 2.93. The van der Waals surface area contributed by atoms with Crippen LogP contribution in [0.3, 0.4) is 0 Å². The molecule has 0 spiro atoms. The van der Waals surface area contributed by atoms with Gasteiger partial charge >= 0.3 is 0 Å². The van der Waals surface area contributed by atoms with Gasteiger partial charge in [-0.25, -0.2) is 4.98 Å². The maximum Gasteiger partial charge on any atom is 0.231 e. The van der Waals surface area contributed by atoms with Crippen molar-refractivity contribution in [1.82, 2.24) is 4.98 Å². The van der Waals surface area contributed by atoms with E-state index < -0.39 is 0 Å². The monoisotopic (exact) mass is 391 g/mol. The van der Waals surface area contributed by atoms with Crippen molar-refractivity contribution < 1.29 is 14.2 Å². The summed E-state index contributed by atoms with van der Waals surface area (Å²) >= 11 is 2.25. The van der Waals surface area contributed by atoms with Crippen LogP contribution in [0.4, 0.5) is 0 Å². The van der Waals surface area contributed by atoms with Gasteiger partial charge in [-0.3, -0.25) is 0 Å². The van der Waals surface area contributed by atoms with E-state index in [-0.39, 0.29) is 6.79 Å². The first kappa shape index (κ1) is 12.7. The first-order valence-electron chi connectivity index (χ1n) is 6.41. The number of aromatic nitrogens is 1. The maximum atomic E-state index is 5.92. The lowest BCUT2D eigenvalue weighted by Gasteiger charge is -2.08. The third kappa shape index (κ3) is 2.37. The highest BCUT2D eigenvalue weighted by molar-refractivity contribution is 14.1. The molecule has 0 unspecified atom stereocenters. The highest BCUT2D eigenvalue weighted by atomic mass is 127. The highest BCUT2D eigenvalue weighted by Gasteiger charge is 2.16. The Morgan fingerprint density at radius 1 is 1.05 bits per heavy atom. The van der Waals surface area contributed by atoms with E-state index >= 15 is 0 Å². The molecule has 21 heavy (non-hydrogen) atoms. The Labute approximate surface area is 134 Å². The smallest absolute Gasteiger partial charge is 0.231 e. The Balaban J connectivity index is 1.81. The summed E-state index contributed by atoms with van der Waals surface area (Å²) in [5.41, 5.74) is 0. The minimum Gasteiger partial charge on any atom is -0.454 e. The summed E-state index contributed by atoms with van der Waals surface area (Å²) in [4.78, 5) is 4.34. The molecule has 0 radical (unpaired) electrons. The van der Waals surface area contributed by atoms with Crippen molar-refractivity contribution in [2.45, 2.75) is 0 Å². The third-order valence-electron chi connectivity index (χ3n) is 3.23. The van der Waals surface area contributed by atoms with E-state index in [1.807, 2.05) is 42.5 Å². The maximum absolute atomic E-state index is 5.92. The van der Waals surface area contributed by atoms with Gasteiger partial charge in [0.25, 0.3) is 0 Å². The molecule has 0 bridgehead atoms. The SMILES string of the molecule is Ic1cccc(Oc2nccc3cc4c(cc23)OCO4)c1. The van der Waals surface area contributed by atoms with Crippen LogP contribution in [-0.4, -0.2) is 11.8 Å². The number of fused-ring (bicyclic) bond motifs is 2. The molecule has 3 aromatic rings. The number of rotatable bonds is 2. The first-order chi connectivity index (χ1) is 10.3. The van der Waals surface area contributed by atoms with Gasteiger partial charge in [0, 0.05) is 15.2 Å². The average molecular weight is 391 g/mol. The normalized spacial score (nSPS) is 12.6. The van der Waals surface area contributed by atoms with Crippen molar-refractivity contribution in [3.63, 3.8) is 0 Å². The second-order valence-corrected chi connectivity index (χ2v) is 5.85. The van der Waals surface area contributed by atoms with E-state index in [9.17, 15) is 0 Å². The number of nitrogens with zero attached hydrogens (tertiary/aromatic N) is 1. The van der Waals surface area contributed by atoms with Crippen molar-refractivity contribution in [3.05, 3.63) is 52.2 Å². The van der Waals surface area contributed by atoms with E-state index in [2.05, 4.69) is 27.6 Å². The molecule has 0 saturated heterocycles. The van der Waals surface area contributed by atoms with Gasteiger partial charge in [-0.15, -0.1) is 0 Å². The van der Waals surface area contributed by atoms with Crippen molar-refractivity contribution >= 4 is 33.4 Å². The summed E-state index contributed by atoms with van der Waals surface area (Å²) < 4.78 is 17.9. The second kappa shape index (κ2) is 5.07. The molecule has 0 atom stereocenters. The molecule has 5 heteroatoms. The zero-order chi connectivity index (χ0) is 14.2. The largest absolute Gasteiger partial charge is 0.454 e. The van der Waals surface area contributed by atoms with Crippen LogP contribution in [0.5, 0.6) is 23.1 Å². The Kier molecular flexibility index (Phi) is 3.07. The molecule has 0 saturated carbocycles. The molecule has 0 aliphatic carbocycles. The summed E-state index contributed by atoms with van der Waals surface area (Å²) in [6, 6.07) is 13.6. The van der Waals surface area contributed by atoms with Gasteiger partial charge in [0.2, 0.25) is 12.7 Å². The third-order valence-corrected chi connectivity index (χ3v) is 3.90. The molecule has 0 fully saturated rings. The molecular weight excluding hydrogens is 381 g/mol. The van der Waals surface area contributed by atoms with Crippen LogP contribution < -0.4 is 14.2 Å². The predicted octanol–water partition coefficient (Wildman–Crippen LogP) is 4.36. The summed E-state index contributed by atoms with van der Waals surface area (Å²) in [6.45, 7) is 0.256. The number of hydrogen-bond donors (Lipinski definition) is 0. The number of pyridine rings is 1. The Bertz CT molecular complexity index is 835. The topological polar surface area (TPSA) is 40.6 Å². The van der Waals surface area contributed by atoms with Crippen molar-refractivity contribution in [2.75, 3.05) is 6.79 Å². The van der Waals surface area contributed by atoms with E-state index in [0.29, 0.717) is 5.88 Å². The van der Waals surface area contributed by atoms with Crippen LogP contribution in [-0.2, 0) is 0 Å². The van der Waals surface area contributed by atoms with E-state index in [4.69, 9.17) is 14.2 Å². The van der Waals surface area contributed by atoms with E-state index in [1.165, 1.54) is 0 Å². The summed E-state index contributed by atoms with van der Waals surface area (Å²) in [7, 11) is 0. The molecule has 1 aliphatic heterocycles. The van der Waals surface area contributed by atoms with Crippen LogP contribution >= 0.6 is 22.6 Å². The fraction of sp³-hybridized carbons (Fsp3) is 0.0625. The van der Waals surface area contributed by atoms with Gasteiger partial charge in [0.1, 0.15) is 5.75 Å². The molecule has 104 valence electrons. The molecule has 1 aliphatic rings. The molecule has 1 aromatic heterocycles. The molecule has 2 aromatic carbocycles. The minimum absolute atomic E-state index is 0.256. The Morgan fingerprint density at radius 3 is 2.76 bits per heavy atom. The van der Waals surface area contributed by atoms with E-state index in [1.54, 1.807) is 6.20 Å². The van der Waals surface area contributed by atoms with Gasteiger partial charge < -0.3 is 14.2 Å². The fourth-order valence-electron chi connectivity index (χ4n) is 2.26. The van der Waals surface area contributed by atoms with Crippen molar-refractivity contribution in [1.29, 1.82) is 0 Å². The number of benzene rings is 2. The van der Waals surface area contributed by atoms with Gasteiger partial charge in [-0.2, -0.15) is 0 Å². The van der Waals surface area contributed by atoms with Crippen LogP contribution in [0.15, 0.2) is 48.7 Å². The van der Waals surface area contributed by atoms with E-state index in [0.717, 1.165) is 31.6 Å². The molecular formula is C16H10INO3. The lowest BCUT2D eigenvalue weighted by atomic mass is 10.1. The fourth-order valence-corrected chi connectivity index (χ4v) is 2.77. The van der Waals surface area contributed by atoms with Gasteiger partial charge in [0.05, 0.1) is 0 Å². The minimum atomic E-state index is 0.256. The summed E-state index contributed by atoms with van der Waals surface area (Å²) in [5, 5.41) is 1.91. The summed E-state index contributed by atoms with van der Waals surface area (Å²) in [6.07, 6.45) is 1.73. The summed E-state index contributed by atoms with van der Waals surface area (Å²) in [5.74, 6) is 2.81. The molecule has 4 nitrogen and oxygen atoms in total. The van der Waals surface area contributed by atoms with Crippen LogP contribution in [0, 0.1) is 3.57 Å². The number of ether oxygens (including phenoxy) is 3. The van der Waals surface area contributed by atoms with Crippen LogP contribution in [0.1, 0.15) is 0 Å². The number of halogens is 1. The second-order valence-electron chi connectivity index (χ2n) is 4.60.